The van der Waals surface area contributed by atoms with Crippen molar-refractivity contribution >= 4 is 58.6 Å². The SMILES string of the molecule is CC(F)(F)c1ccccc1C(=O)N1CCn2nc(OCc3ccccc3)cc2C1.CN(C)c1cccc(C(=O)N2CCn3nc(OCc4ccccc4)cc3C2)n1.Cc1cc(C(=O)N2CCn3nc(OCc4ccccc4)cc3C2)ccc1Cl.Cc1cccc(C(=O)N2CCn3nc(OCc4ccccc4)cc3C2)c1.O=C(c1ccccc1Cl)N1CCn2nc(OCc3ccccc3)cc2C1. The van der Waals surface area contributed by atoms with Crippen LogP contribution < -0.4 is 28.6 Å². The summed E-state index contributed by atoms with van der Waals surface area (Å²) in [6.45, 7) is 15.3. The fourth-order valence-electron chi connectivity index (χ4n) is 16.0. The highest BCUT2D eigenvalue weighted by Crippen LogP contribution is 2.34. The summed E-state index contributed by atoms with van der Waals surface area (Å²) in [4.78, 5) is 79.3. The van der Waals surface area contributed by atoms with Crippen molar-refractivity contribution in [2.45, 2.75) is 125 Å². The van der Waals surface area contributed by atoms with Crippen LogP contribution in [0, 0.1) is 13.8 Å². The van der Waals surface area contributed by atoms with Crippen molar-refractivity contribution in [3.8, 4) is 29.4 Å². The number of benzene rings is 9. The van der Waals surface area contributed by atoms with Crippen LogP contribution in [0.5, 0.6) is 29.4 Å². The van der Waals surface area contributed by atoms with Crippen LogP contribution in [0.25, 0.3) is 0 Å². The first-order valence-corrected chi connectivity index (χ1v) is 45.6. The number of rotatable bonds is 22. The molecule has 0 spiro atoms. The van der Waals surface area contributed by atoms with E-state index in [4.69, 9.17) is 46.9 Å². The zero-order valence-corrected chi connectivity index (χ0v) is 77.6. The van der Waals surface area contributed by atoms with Gasteiger partial charge in [0.15, 0.2) is 0 Å². The molecule has 27 nitrogen and oxygen atoms in total. The second-order valence-electron chi connectivity index (χ2n) is 33.5. The standard InChI is InChI=1S/C22H21F2N3O2.C21H20ClN3O2.C21H23N5O2.C21H21N3O2.C20H18ClN3O2/c1-22(23,24)19-10-6-5-9-18(19)21(28)26-11-12-27-17(14-26)13-20(25-27)29-15-16-7-3-2-4-8-16;1-15-11-17(7-8-19(15)22)21(26)24-9-10-25-18(13-24)12-20(23-25)27-14-16-5-3-2-4-6-16;1-24(2)19-10-6-9-18(22-19)21(27)25-11-12-26-17(14-25)13-20(23-26)28-15-16-7-4-3-5-8-16;1-16-6-5-9-18(12-16)21(25)23-10-11-24-19(14-23)13-20(22-24)26-15-17-7-3-2-4-8-17;21-18-9-5-4-8-17(18)20(25)23-10-11-24-16(13-23)12-19(22-24)26-14-15-6-2-1-3-7-15/h2-10,13H,11-12,14-15H2,1H3;2-8,11-12H,9-10,13-14H2,1H3;3-10,13H,11-12,14-15H2,1-2H3;2-9,12-13H,10-11,14-15H2,1H3;1-9,12H,10-11,13-14H2. The molecule has 136 heavy (non-hydrogen) atoms. The highest BCUT2D eigenvalue weighted by molar-refractivity contribution is 6.33. The van der Waals surface area contributed by atoms with Crippen molar-refractivity contribution in [3.05, 3.63) is 402 Å². The van der Waals surface area contributed by atoms with Crippen molar-refractivity contribution < 1.29 is 56.4 Å². The Kier molecular flexibility index (Phi) is 30.5. The highest BCUT2D eigenvalue weighted by atomic mass is 35.5. The van der Waals surface area contributed by atoms with Gasteiger partial charge in [-0.15, -0.1) is 25.5 Å². The maximum absolute atomic E-state index is 13.9. The Hall–Kier alpha value is -15.2. The second-order valence-corrected chi connectivity index (χ2v) is 34.3. The van der Waals surface area contributed by atoms with Crippen LogP contribution >= 0.6 is 23.2 Å². The molecule has 0 saturated carbocycles. The molecular weight excluding hydrogens is 1770 g/mol. The first-order valence-electron chi connectivity index (χ1n) is 44.8. The van der Waals surface area contributed by atoms with E-state index in [0.717, 1.165) is 85.7 Å². The van der Waals surface area contributed by atoms with Gasteiger partial charge in [-0.3, -0.25) is 47.4 Å². The number of nitrogens with zero attached hydrogens (tertiary/aromatic N) is 17. The predicted molar refractivity (Wildman–Crippen MR) is 512 cm³/mol. The van der Waals surface area contributed by atoms with E-state index >= 15 is 0 Å². The molecule has 5 amide bonds. The summed E-state index contributed by atoms with van der Waals surface area (Å²) in [5.74, 6) is 0.0717. The fraction of sp³-hybridized carbons (Fsp3) is 0.248. The van der Waals surface area contributed by atoms with E-state index in [9.17, 15) is 32.8 Å². The van der Waals surface area contributed by atoms with Crippen LogP contribution in [-0.2, 0) is 104 Å². The highest BCUT2D eigenvalue weighted by Gasteiger charge is 2.35. The summed E-state index contributed by atoms with van der Waals surface area (Å²) in [6.07, 6.45) is 0. The van der Waals surface area contributed by atoms with E-state index in [0.29, 0.717) is 187 Å². The molecule has 9 aromatic carbocycles. The molecule has 5 aliphatic rings. The maximum atomic E-state index is 13.9. The molecule has 0 atom stereocenters. The first-order chi connectivity index (χ1) is 66.0. The smallest absolute Gasteiger partial charge is 0.272 e. The average Bonchev–Trinajstić information content (AvgIpc) is 1.77. The van der Waals surface area contributed by atoms with Gasteiger partial charge in [-0.25, -0.2) is 13.8 Å². The lowest BCUT2D eigenvalue weighted by atomic mass is 10.0. The van der Waals surface area contributed by atoms with Gasteiger partial charge in [0.2, 0.25) is 29.4 Å². The number of pyridine rings is 1. The number of fused-ring (bicyclic) bond motifs is 5. The number of hydrogen-bond acceptors (Lipinski definition) is 17. The predicted octanol–water partition coefficient (Wildman–Crippen LogP) is 18.1. The molecule has 696 valence electrons. The molecule has 11 heterocycles. The normalized spacial score (nSPS) is 13.4. The third-order valence-corrected chi connectivity index (χ3v) is 24.0. The van der Waals surface area contributed by atoms with Crippen LogP contribution in [0.1, 0.15) is 132 Å². The lowest BCUT2D eigenvalue weighted by molar-refractivity contribution is 0.0155. The lowest BCUT2D eigenvalue weighted by Gasteiger charge is -2.28. The molecule has 0 radical (unpaired) electrons. The summed E-state index contributed by atoms with van der Waals surface area (Å²) in [7, 11) is 3.82. The van der Waals surface area contributed by atoms with Crippen LogP contribution in [0.15, 0.2) is 291 Å². The quantitative estimate of drug-likeness (QED) is 0.0611. The molecule has 20 rings (SSSR count). The van der Waals surface area contributed by atoms with Crippen molar-refractivity contribution in [3.63, 3.8) is 0 Å². The molecule has 5 aliphatic heterocycles. The third kappa shape index (κ3) is 24.4. The Labute approximate surface area is 797 Å². The number of ether oxygens (including phenoxy) is 5. The molecule has 31 heteroatoms. The van der Waals surface area contributed by atoms with E-state index < -0.39 is 11.8 Å². The average molecular weight is 1870 g/mol. The third-order valence-electron chi connectivity index (χ3n) is 23.3. The topological polar surface area (TPSA) is 253 Å². The van der Waals surface area contributed by atoms with Crippen molar-refractivity contribution in [1.29, 1.82) is 0 Å². The van der Waals surface area contributed by atoms with Crippen LogP contribution in [-0.4, -0.2) is 155 Å². The Morgan fingerprint density at radius 3 is 0.993 bits per heavy atom. The molecule has 0 bridgehead atoms. The number of aromatic nitrogens is 11. The molecule has 0 unspecified atom stereocenters. The van der Waals surface area contributed by atoms with Gasteiger partial charge >= 0.3 is 0 Å². The Bertz CT molecular complexity index is 6630. The van der Waals surface area contributed by atoms with Gasteiger partial charge in [0.1, 0.15) is 44.5 Å². The van der Waals surface area contributed by atoms with E-state index in [1.54, 1.807) is 61.8 Å². The Morgan fingerprint density at radius 1 is 0.331 bits per heavy atom. The lowest BCUT2D eigenvalue weighted by Crippen LogP contribution is -2.39. The minimum absolute atomic E-state index is 0.00831. The minimum Gasteiger partial charge on any atom is -0.472 e. The zero-order valence-electron chi connectivity index (χ0n) is 76.1. The van der Waals surface area contributed by atoms with Crippen LogP contribution in [0.4, 0.5) is 14.6 Å². The largest absolute Gasteiger partial charge is 0.472 e. The van der Waals surface area contributed by atoms with Gasteiger partial charge in [0.25, 0.3) is 35.5 Å². The maximum Gasteiger partial charge on any atom is 0.272 e. The number of anilines is 1. The van der Waals surface area contributed by atoms with Crippen LogP contribution in [0.3, 0.4) is 0 Å². The number of halogens is 4. The first kappa shape index (κ1) is 94.0. The molecule has 0 N–H and O–H groups in total. The van der Waals surface area contributed by atoms with Crippen molar-refractivity contribution in [2.24, 2.45) is 0 Å². The minimum atomic E-state index is -3.08. The number of carbonyl (C=O) groups excluding carboxylic acids is 5. The van der Waals surface area contributed by atoms with Crippen molar-refractivity contribution in [1.82, 2.24) is 78.4 Å². The Morgan fingerprint density at radius 2 is 0.647 bits per heavy atom. The fourth-order valence-corrected chi connectivity index (χ4v) is 16.3. The molecular formula is C105H103Cl2F2N17O10. The molecule has 0 saturated heterocycles. The van der Waals surface area contributed by atoms with Gasteiger partial charge in [0, 0.05) is 111 Å². The van der Waals surface area contributed by atoms with E-state index in [2.05, 4.69) is 30.5 Å². The number of alkyl halides is 2. The van der Waals surface area contributed by atoms with E-state index in [1.807, 2.05) is 292 Å². The molecule has 6 aromatic heterocycles. The second kappa shape index (κ2) is 44.1. The number of amides is 5. The van der Waals surface area contributed by atoms with Crippen LogP contribution in [0.2, 0.25) is 10.0 Å². The van der Waals surface area contributed by atoms with Gasteiger partial charge < -0.3 is 53.1 Å². The number of carbonyl (C=O) groups is 5. The van der Waals surface area contributed by atoms with Crippen molar-refractivity contribution in [2.75, 3.05) is 51.7 Å². The van der Waals surface area contributed by atoms with Gasteiger partial charge in [0.05, 0.1) is 105 Å². The summed E-state index contributed by atoms with van der Waals surface area (Å²) >= 11 is 12.2. The Balaban J connectivity index is 0.000000123. The number of aryl methyl sites for hydroxylation is 2. The molecule has 15 aromatic rings. The van der Waals surface area contributed by atoms with E-state index in [-0.39, 0.29) is 34.8 Å². The van der Waals surface area contributed by atoms with E-state index in [1.165, 1.54) is 18.2 Å². The summed E-state index contributed by atoms with van der Waals surface area (Å²) in [5, 5.41) is 23.6. The molecule has 0 fully saturated rings. The molecule has 0 aliphatic carbocycles. The van der Waals surface area contributed by atoms with Gasteiger partial charge in [-0.1, -0.05) is 229 Å². The monoisotopic (exact) mass is 1870 g/mol. The van der Waals surface area contributed by atoms with Gasteiger partial charge in [-0.05, 0) is 108 Å². The summed E-state index contributed by atoms with van der Waals surface area (Å²) in [5.41, 5.74) is 14.3. The summed E-state index contributed by atoms with van der Waals surface area (Å²) < 4.78 is 66.2. The number of hydrogen-bond donors (Lipinski definition) is 0. The summed E-state index contributed by atoms with van der Waals surface area (Å²) in [6, 6.07) is 90.8. The van der Waals surface area contributed by atoms with Gasteiger partial charge in [-0.2, -0.15) is 0 Å². The zero-order chi connectivity index (χ0) is 94.6.